The zero-order valence-electron chi connectivity index (χ0n) is 41.1. The second-order valence-electron chi connectivity index (χ2n) is 17.5. The van der Waals surface area contributed by atoms with Crippen molar-refractivity contribution in [3.05, 3.63) is 71.8 Å². The van der Waals surface area contributed by atoms with Crippen LogP contribution >= 0.6 is 0 Å². The molecule has 2 aromatic carbocycles. The van der Waals surface area contributed by atoms with Gasteiger partial charge in [0.05, 0.1) is 25.4 Å². The molecule has 0 N–H and O–H groups in total. The maximum absolute atomic E-state index is 11.4. The van der Waals surface area contributed by atoms with Gasteiger partial charge in [0.2, 0.25) is 0 Å². The van der Waals surface area contributed by atoms with Crippen molar-refractivity contribution >= 4 is 72.8 Å². The van der Waals surface area contributed by atoms with Crippen LogP contribution in [0.5, 0.6) is 0 Å². The SMILES string of the molecule is CCCCCCCC(CCCCCCC(CCC(=O)[O-])OCc1ccccc1)OC(C)=O.CCCCCCCC(CCCCCCC(CCC(=O)[O-])OCc1ccccc1)OC(C)=O.[Ba+2]. The molecular weight excluding hydrogens is 946 g/mol. The van der Waals surface area contributed by atoms with Crippen LogP contribution in [0.15, 0.2) is 60.7 Å². The molecule has 0 saturated heterocycles. The number of esters is 2. The Morgan fingerprint density at radius 2 is 0.692 bits per heavy atom. The molecule has 2 rings (SSSR count). The topological polar surface area (TPSA) is 151 Å². The van der Waals surface area contributed by atoms with Crippen molar-refractivity contribution < 1.29 is 48.3 Å². The fourth-order valence-corrected chi connectivity index (χ4v) is 7.90. The molecule has 4 unspecified atom stereocenters. The first-order valence-electron chi connectivity index (χ1n) is 25.1. The van der Waals surface area contributed by atoms with Gasteiger partial charge < -0.3 is 38.7 Å². The molecule has 0 aliphatic carbocycles. The molecule has 4 atom stereocenters. The van der Waals surface area contributed by atoms with Gasteiger partial charge >= 0.3 is 60.8 Å². The largest absolute Gasteiger partial charge is 2.00 e. The smallest absolute Gasteiger partial charge is 0.550 e. The molecule has 0 aliphatic heterocycles. The first kappa shape index (κ1) is 62.8. The van der Waals surface area contributed by atoms with Crippen LogP contribution < -0.4 is 10.2 Å². The summed E-state index contributed by atoms with van der Waals surface area (Å²) in [4.78, 5) is 44.5. The van der Waals surface area contributed by atoms with E-state index in [2.05, 4.69) is 13.8 Å². The number of carboxylic acid groups (broad SMARTS) is 2. The molecule has 0 heterocycles. The van der Waals surface area contributed by atoms with Crippen LogP contribution in [0.2, 0.25) is 0 Å². The second-order valence-corrected chi connectivity index (χ2v) is 17.5. The van der Waals surface area contributed by atoms with Crippen molar-refractivity contribution in [3.8, 4) is 0 Å². The molecule has 65 heavy (non-hydrogen) atoms. The number of unbranched alkanes of at least 4 members (excludes halogenated alkanes) is 14. The van der Waals surface area contributed by atoms with E-state index in [9.17, 15) is 29.4 Å². The van der Waals surface area contributed by atoms with Gasteiger partial charge in [0.15, 0.2) is 0 Å². The Hall–Kier alpha value is -2.19. The van der Waals surface area contributed by atoms with Gasteiger partial charge in [0, 0.05) is 25.8 Å². The van der Waals surface area contributed by atoms with Crippen LogP contribution in [0.4, 0.5) is 0 Å². The second kappa shape index (κ2) is 44.3. The van der Waals surface area contributed by atoms with E-state index in [1.807, 2.05) is 60.7 Å². The number of hydrogen-bond acceptors (Lipinski definition) is 10. The molecule has 0 fully saturated rings. The van der Waals surface area contributed by atoms with Crippen LogP contribution in [0, 0.1) is 0 Å². The van der Waals surface area contributed by atoms with E-state index in [0.29, 0.717) is 26.1 Å². The van der Waals surface area contributed by atoms with Crippen molar-refractivity contribution in [2.75, 3.05) is 0 Å². The molecule has 0 saturated carbocycles. The fourth-order valence-electron chi connectivity index (χ4n) is 7.90. The summed E-state index contributed by atoms with van der Waals surface area (Å²) >= 11 is 0. The van der Waals surface area contributed by atoms with Gasteiger partial charge in [-0.3, -0.25) is 9.59 Å². The summed E-state index contributed by atoms with van der Waals surface area (Å²) in [5.41, 5.74) is 2.19. The number of benzene rings is 2. The Bertz CT molecular complexity index is 1320. The van der Waals surface area contributed by atoms with Gasteiger partial charge in [0.25, 0.3) is 0 Å². The standard InChI is InChI=1S/2C27H44O5.Ba/c2*1-3-4-5-6-13-18-26(32-23(2)28)19-14-8-7-12-17-25(20-21-27(29)30)31-22-24-15-10-9-11-16-24;/h2*9-11,15-16,25-26H,3-8,12-14,17-22H2,1-2H3,(H,29,30);/q;;+2/p-2. The molecule has 2 aromatic rings. The van der Waals surface area contributed by atoms with E-state index in [4.69, 9.17) is 18.9 Å². The molecule has 0 aromatic heterocycles. The Morgan fingerprint density at radius 1 is 0.415 bits per heavy atom. The van der Waals surface area contributed by atoms with E-state index >= 15 is 0 Å². The van der Waals surface area contributed by atoms with Crippen molar-refractivity contribution in [3.63, 3.8) is 0 Å². The zero-order chi connectivity index (χ0) is 46.9. The average molecular weight is 1030 g/mol. The minimum atomic E-state index is -1.02. The van der Waals surface area contributed by atoms with Crippen LogP contribution in [-0.2, 0) is 51.3 Å². The van der Waals surface area contributed by atoms with E-state index in [0.717, 1.165) is 114 Å². The van der Waals surface area contributed by atoms with Crippen molar-refractivity contribution in [1.82, 2.24) is 0 Å². The third-order valence-corrected chi connectivity index (χ3v) is 11.5. The maximum Gasteiger partial charge on any atom is 2.00 e. The number of ether oxygens (including phenoxy) is 4. The van der Waals surface area contributed by atoms with Crippen molar-refractivity contribution in [2.45, 2.75) is 245 Å². The number of carbonyl (C=O) groups is 4. The minimum absolute atomic E-state index is 0. The molecule has 0 amide bonds. The third-order valence-electron chi connectivity index (χ3n) is 11.5. The number of hydrogen-bond donors (Lipinski definition) is 0. The summed E-state index contributed by atoms with van der Waals surface area (Å²) in [6.45, 7) is 8.41. The van der Waals surface area contributed by atoms with Gasteiger partial charge in [-0.2, -0.15) is 0 Å². The Balaban J connectivity index is 0.00000124. The van der Waals surface area contributed by atoms with Gasteiger partial charge in [-0.15, -0.1) is 0 Å². The summed E-state index contributed by atoms with van der Waals surface area (Å²) in [6.07, 6.45) is 27.1. The van der Waals surface area contributed by atoms with Crippen LogP contribution in [0.25, 0.3) is 0 Å². The summed E-state index contributed by atoms with van der Waals surface area (Å²) in [5, 5.41) is 21.7. The number of carbonyl (C=O) groups excluding carboxylic acids is 4. The van der Waals surface area contributed by atoms with Crippen molar-refractivity contribution in [1.29, 1.82) is 0 Å². The van der Waals surface area contributed by atoms with Crippen LogP contribution in [0.1, 0.15) is 219 Å². The monoisotopic (exact) mass is 1030 g/mol. The van der Waals surface area contributed by atoms with Gasteiger partial charge in [-0.1, -0.05) is 164 Å². The predicted molar refractivity (Wildman–Crippen MR) is 258 cm³/mol. The summed E-state index contributed by atoms with van der Waals surface area (Å²) < 4.78 is 23.0. The summed E-state index contributed by atoms with van der Waals surface area (Å²) in [7, 11) is 0. The van der Waals surface area contributed by atoms with Gasteiger partial charge in [0.1, 0.15) is 12.2 Å². The predicted octanol–water partition coefficient (Wildman–Crippen LogP) is 11.1. The zero-order valence-corrected chi connectivity index (χ0v) is 45.5. The molecular formula is C54H86BaO10. The average Bonchev–Trinajstić information content (AvgIpc) is 3.27. The van der Waals surface area contributed by atoms with Gasteiger partial charge in [-0.05, 0) is 101 Å². The minimum Gasteiger partial charge on any atom is -0.550 e. The molecule has 0 spiro atoms. The number of rotatable bonds is 40. The fraction of sp³-hybridized carbons (Fsp3) is 0.704. The Kier molecular flexibility index (Phi) is 42.8. The third kappa shape index (κ3) is 40.6. The van der Waals surface area contributed by atoms with E-state index in [1.54, 1.807) is 0 Å². The quantitative estimate of drug-likeness (QED) is 0.0358. The summed E-state index contributed by atoms with van der Waals surface area (Å²) in [5.74, 6) is -2.42. The normalized spacial score (nSPS) is 12.7. The van der Waals surface area contributed by atoms with Crippen LogP contribution in [-0.4, -0.2) is 97.2 Å². The molecule has 0 aliphatic rings. The molecule has 10 nitrogen and oxygen atoms in total. The molecule has 364 valence electrons. The Labute approximate surface area is 434 Å². The molecule has 11 heteroatoms. The number of carboxylic acids is 2. The first-order valence-corrected chi connectivity index (χ1v) is 25.1. The molecule has 0 bridgehead atoms. The summed E-state index contributed by atoms with van der Waals surface area (Å²) in [6, 6.07) is 19.9. The first-order chi connectivity index (χ1) is 31.0. The van der Waals surface area contributed by atoms with E-state index in [1.165, 1.54) is 65.2 Å². The van der Waals surface area contributed by atoms with E-state index < -0.39 is 11.9 Å². The van der Waals surface area contributed by atoms with Crippen molar-refractivity contribution in [2.24, 2.45) is 0 Å². The Morgan fingerprint density at radius 3 is 0.954 bits per heavy atom. The van der Waals surface area contributed by atoms with Gasteiger partial charge in [-0.25, -0.2) is 0 Å². The number of aliphatic carboxylic acids is 2. The maximum atomic E-state index is 11.4. The van der Waals surface area contributed by atoms with Crippen LogP contribution in [0.3, 0.4) is 0 Å². The molecule has 0 radical (unpaired) electrons. The van der Waals surface area contributed by atoms with E-state index in [-0.39, 0.29) is 98.1 Å².